The van der Waals surface area contributed by atoms with E-state index < -0.39 is 0 Å². The number of carbonyl (C=O) groups excluding carboxylic acids is 1. The average molecular weight is 194 g/mol. The zero-order valence-electron chi connectivity index (χ0n) is 9.30. The van der Waals surface area contributed by atoms with Crippen molar-refractivity contribution in [2.45, 2.75) is 58.3 Å². The Morgan fingerprint density at radius 2 is 2.00 bits per heavy atom. The van der Waals surface area contributed by atoms with Crippen LogP contribution < -0.4 is 0 Å². The minimum atomic E-state index is 0.349. The topological polar surface area (TPSA) is 17.1 Å². The molecule has 0 amide bonds. The molecular formula is C13H22O. The highest BCUT2D eigenvalue weighted by Crippen LogP contribution is 2.24. The fourth-order valence-electron chi connectivity index (χ4n) is 2.04. The summed E-state index contributed by atoms with van der Waals surface area (Å²) in [7, 11) is 0. The van der Waals surface area contributed by atoms with Crippen molar-refractivity contribution in [3.8, 4) is 0 Å². The van der Waals surface area contributed by atoms with Gasteiger partial charge in [0.05, 0.1) is 0 Å². The number of hydrogen-bond acceptors (Lipinski definition) is 1. The summed E-state index contributed by atoms with van der Waals surface area (Å²) < 4.78 is 0. The van der Waals surface area contributed by atoms with Gasteiger partial charge in [-0.1, -0.05) is 45.1 Å². The van der Waals surface area contributed by atoms with Gasteiger partial charge in [0.2, 0.25) is 0 Å². The van der Waals surface area contributed by atoms with Gasteiger partial charge in [-0.2, -0.15) is 0 Å². The third-order valence-corrected chi connectivity index (χ3v) is 3.01. The second-order valence-corrected chi connectivity index (χ2v) is 4.28. The lowest BCUT2D eigenvalue weighted by atomic mass is 9.86. The summed E-state index contributed by atoms with van der Waals surface area (Å²) in [5.41, 5.74) is 0. The highest BCUT2D eigenvalue weighted by molar-refractivity contribution is 5.91. The molecule has 1 saturated carbocycles. The molecule has 0 radical (unpaired) electrons. The maximum Gasteiger partial charge on any atom is 0.158 e. The first-order valence-electron chi connectivity index (χ1n) is 6.05. The predicted molar refractivity (Wildman–Crippen MR) is 60.2 cm³/mol. The molecule has 1 rings (SSSR count). The van der Waals surface area contributed by atoms with E-state index in [0.717, 1.165) is 19.3 Å². The molecule has 80 valence electrons. The van der Waals surface area contributed by atoms with E-state index in [1.165, 1.54) is 32.1 Å². The number of rotatable bonds is 5. The van der Waals surface area contributed by atoms with E-state index in [4.69, 9.17) is 0 Å². The lowest BCUT2D eigenvalue weighted by molar-refractivity contribution is -0.119. The highest BCUT2D eigenvalue weighted by atomic mass is 16.1. The van der Waals surface area contributed by atoms with E-state index in [2.05, 4.69) is 13.0 Å². The van der Waals surface area contributed by atoms with Crippen LogP contribution in [0.1, 0.15) is 58.3 Å². The third kappa shape index (κ3) is 4.08. The monoisotopic (exact) mass is 194 g/mol. The van der Waals surface area contributed by atoms with Crippen LogP contribution in [0.25, 0.3) is 0 Å². The molecule has 0 heterocycles. The van der Waals surface area contributed by atoms with Crippen molar-refractivity contribution < 1.29 is 4.79 Å². The van der Waals surface area contributed by atoms with Crippen LogP contribution in [0.15, 0.2) is 12.2 Å². The van der Waals surface area contributed by atoms with Crippen LogP contribution in [0.3, 0.4) is 0 Å². The minimum Gasteiger partial charge on any atom is -0.295 e. The first-order chi connectivity index (χ1) is 6.84. The van der Waals surface area contributed by atoms with Crippen LogP contribution in [0.2, 0.25) is 0 Å². The van der Waals surface area contributed by atoms with Crippen molar-refractivity contribution >= 4 is 5.78 Å². The van der Waals surface area contributed by atoms with Crippen molar-refractivity contribution in [3.63, 3.8) is 0 Å². The molecule has 1 heteroatoms. The van der Waals surface area contributed by atoms with Gasteiger partial charge in [0.15, 0.2) is 5.78 Å². The van der Waals surface area contributed by atoms with Crippen LogP contribution in [0.5, 0.6) is 0 Å². The lowest BCUT2D eigenvalue weighted by Crippen LogP contribution is -2.15. The number of carbonyl (C=O) groups is 1. The largest absolute Gasteiger partial charge is 0.295 e. The van der Waals surface area contributed by atoms with Crippen molar-refractivity contribution in [2.75, 3.05) is 0 Å². The van der Waals surface area contributed by atoms with Crippen LogP contribution in [-0.4, -0.2) is 5.78 Å². The second kappa shape index (κ2) is 6.80. The molecule has 0 saturated heterocycles. The van der Waals surface area contributed by atoms with Gasteiger partial charge in [-0.3, -0.25) is 4.79 Å². The highest BCUT2D eigenvalue weighted by Gasteiger charge is 2.18. The number of allylic oxidation sites excluding steroid dienone is 2. The fourth-order valence-corrected chi connectivity index (χ4v) is 2.04. The standard InChI is InChI=1S/C13H22O/c1-2-3-4-8-11-13(14)12-9-6-5-7-10-12/h8,11-12H,2-7,9-10H2,1H3/b11-8+. The Morgan fingerprint density at radius 1 is 1.29 bits per heavy atom. The molecule has 14 heavy (non-hydrogen) atoms. The Kier molecular flexibility index (Phi) is 5.58. The molecule has 0 aromatic carbocycles. The molecule has 0 aromatic heterocycles. The molecule has 0 N–H and O–H groups in total. The predicted octanol–water partition coefficient (Wildman–Crippen LogP) is 3.88. The van der Waals surface area contributed by atoms with Crippen LogP contribution in [0, 0.1) is 5.92 Å². The maximum absolute atomic E-state index is 11.7. The summed E-state index contributed by atoms with van der Waals surface area (Å²) in [6, 6.07) is 0. The summed E-state index contributed by atoms with van der Waals surface area (Å²) in [6.07, 6.45) is 13.4. The molecule has 0 unspecified atom stereocenters. The zero-order chi connectivity index (χ0) is 10.2. The molecule has 0 aromatic rings. The van der Waals surface area contributed by atoms with Gasteiger partial charge < -0.3 is 0 Å². The van der Waals surface area contributed by atoms with Gasteiger partial charge in [-0.05, 0) is 25.3 Å². The van der Waals surface area contributed by atoms with E-state index in [0.29, 0.717) is 11.7 Å². The second-order valence-electron chi connectivity index (χ2n) is 4.28. The smallest absolute Gasteiger partial charge is 0.158 e. The van der Waals surface area contributed by atoms with E-state index in [9.17, 15) is 4.79 Å². The Morgan fingerprint density at radius 3 is 2.64 bits per heavy atom. The number of unbranched alkanes of at least 4 members (excludes halogenated alkanes) is 2. The number of hydrogen-bond donors (Lipinski definition) is 0. The SMILES string of the molecule is CCCC/C=C/C(=O)C1CCCCC1. The van der Waals surface area contributed by atoms with Gasteiger partial charge >= 0.3 is 0 Å². The Labute approximate surface area is 87.6 Å². The minimum absolute atomic E-state index is 0.349. The average Bonchev–Trinajstić information content (AvgIpc) is 2.25. The first kappa shape index (κ1) is 11.5. The van der Waals surface area contributed by atoms with Crippen LogP contribution in [-0.2, 0) is 4.79 Å². The van der Waals surface area contributed by atoms with Gasteiger partial charge in [0, 0.05) is 5.92 Å². The Balaban J connectivity index is 2.22. The molecule has 1 fully saturated rings. The number of ketones is 1. The van der Waals surface area contributed by atoms with Gasteiger partial charge in [0.25, 0.3) is 0 Å². The van der Waals surface area contributed by atoms with E-state index in [1.807, 2.05) is 6.08 Å². The summed E-state index contributed by atoms with van der Waals surface area (Å²) in [5.74, 6) is 0.724. The van der Waals surface area contributed by atoms with E-state index in [-0.39, 0.29) is 0 Å². The molecule has 1 aliphatic carbocycles. The van der Waals surface area contributed by atoms with Crippen molar-refractivity contribution in [1.82, 2.24) is 0 Å². The third-order valence-electron chi connectivity index (χ3n) is 3.01. The molecule has 0 bridgehead atoms. The summed E-state index contributed by atoms with van der Waals surface area (Å²) in [6.45, 7) is 2.18. The van der Waals surface area contributed by atoms with Gasteiger partial charge in [-0.25, -0.2) is 0 Å². The van der Waals surface area contributed by atoms with Crippen LogP contribution >= 0.6 is 0 Å². The van der Waals surface area contributed by atoms with Gasteiger partial charge in [0.1, 0.15) is 0 Å². The molecule has 0 spiro atoms. The van der Waals surface area contributed by atoms with E-state index in [1.54, 1.807) is 0 Å². The molecule has 0 atom stereocenters. The summed E-state index contributed by atoms with van der Waals surface area (Å²) >= 11 is 0. The Hall–Kier alpha value is -0.590. The molecule has 0 aliphatic heterocycles. The molecular weight excluding hydrogens is 172 g/mol. The van der Waals surface area contributed by atoms with Crippen molar-refractivity contribution in [3.05, 3.63) is 12.2 Å². The quantitative estimate of drug-likeness (QED) is 0.479. The lowest BCUT2D eigenvalue weighted by Gasteiger charge is -2.18. The van der Waals surface area contributed by atoms with Gasteiger partial charge in [-0.15, -0.1) is 0 Å². The fraction of sp³-hybridized carbons (Fsp3) is 0.769. The molecule has 1 nitrogen and oxygen atoms in total. The maximum atomic E-state index is 11.7. The first-order valence-corrected chi connectivity index (χ1v) is 6.05. The van der Waals surface area contributed by atoms with Crippen molar-refractivity contribution in [1.29, 1.82) is 0 Å². The summed E-state index contributed by atoms with van der Waals surface area (Å²) in [5, 5.41) is 0. The van der Waals surface area contributed by atoms with E-state index >= 15 is 0 Å². The summed E-state index contributed by atoms with van der Waals surface area (Å²) in [4.78, 5) is 11.7. The van der Waals surface area contributed by atoms with Crippen LogP contribution in [0.4, 0.5) is 0 Å². The Bertz CT molecular complexity index is 187. The van der Waals surface area contributed by atoms with Crippen molar-refractivity contribution in [2.24, 2.45) is 5.92 Å². The zero-order valence-corrected chi connectivity index (χ0v) is 9.30. The normalized spacial score (nSPS) is 18.9. The molecule has 1 aliphatic rings.